The number of nitrogens with zero attached hydrogens (tertiary/aromatic N) is 1. The lowest BCUT2D eigenvalue weighted by Crippen LogP contribution is -1.65. The number of hydrogen-bond acceptors (Lipinski definition) is 2. The van der Waals surface area contributed by atoms with Crippen molar-refractivity contribution in [2.45, 2.75) is 6.42 Å². The van der Waals surface area contributed by atoms with Crippen molar-refractivity contribution in [1.29, 1.82) is 0 Å². The first-order valence-electron chi connectivity index (χ1n) is 3.05. The fourth-order valence-corrected chi connectivity index (χ4v) is 0.842. The fourth-order valence-electron chi connectivity index (χ4n) is 0.578. The lowest BCUT2D eigenvalue weighted by Gasteiger charge is -1.80. The third-order valence-electron chi connectivity index (χ3n) is 1.04. The number of hydrogen-bond donors (Lipinski definition) is 0. The Hall–Kier alpha value is -0.570. The van der Waals surface area contributed by atoms with Gasteiger partial charge in [0, 0.05) is 10.9 Å². The molecule has 1 aromatic rings. The lowest BCUT2D eigenvalue weighted by molar-refractivity contribution is 0.419. The highest BCUT2D eigenvalue weighted by atomic mass is 79.9. The Balaban J connectivity index is 2.40. The van der Waals surface area contributed by atoms with Gasteiger partial charge in [-0.3, -0.25) is 0 Å². The minimum absolute atomic E-state index is 0.995. The van der Waals surface area contributed by atoms with Crippen molar-refractivity contribution in [3.63, 3.8) is 0 Å². The van der Waals surface area contributed by atoms with E-state index in [0.29, 0.717) is 0 Å². The second-order valence-electron chi connectivity index (χ2n) is 1.84. The van der Waals surface area contributed by atoms with Gasteiger partial charge < -0.3 is 4.52 Å². The Morgan fingerprint density at radius 1 is 1.70 bits per heavy atom. The molecule has 0 fully saturated rings. The minimum Gasteiger partial charge on any atom is -0.364 e. The highest BCUT2D eigenvalue weighted by molar-refractivity contribution is 9.09. The van der Waals surface area contributed by atoms with Gasteiger partial charge in [0.25, 0.3) is 0 Å². The number of halogens is 1. The van der Waals surface area contributed by atoms with Crippen LogP contribution in [0.25, 0.3) is 6.08 Å². The largest absolute Gasteiger partial charge is 0.364 e. The normalized spacial score (nSPS) is 10.9. The molecule has 3 heteroatoms. The van der Waals surface area contributed by atoms with Crippen LogP contribution >= 0.6 is 15.9 Å². The van der Waals surface area contributed by atoms with Gasteiger partial charge in [0.2, 0.25) is 0 Å². The van der Waals surface area contributed by atoms with E-state index in [4.69, 9.17) is 0 Å². The average Bonchev–Trinajstić information content (AvgIpc) is 2.41. The van der Waals surface area contributed by atoms with Crippen LogP contribution in [0.4, 0.5) is 0 Å². The summed E-state index contributed by atoms with van der Waals surface area (Å²) < 4.78 is 4.63. The number of alkyl halides is 1. The first-order chi connectivity index (χ1) is 4.93. The van der Waals surface area contributed by atoms with Crippen molar-refractivity contribution in [3.8, 4) is 0 Å². The van der Waals surface area contributed by atoms with Crippen LogP contribution in [0.15, 0.2) is 23.1 Å². The number of rotatable bonds is 3. The molecule has 0 aliphatic rings. The summed E-state index contributed by atoms with van der Waals surface area (Å²) in [6.07, 6.45) is 8.39. The summed E-state index contributed by atoms with van der Waals surface area (Å²) in [5, 5.41) is 4.56. The zero-order valence-corrected chi connectivity index (χ0v) is 7.04. The van der Waals surface area contributed by atoms with Gasteiger partial charge in [-0.05, 0) is 6.42 Å². The molecule has 0 aliphatic heterocycles. The van der Waals surface area contributed by atoms with Crippen molar-refractivity contribution >= 4 is 22.0 Å². The molecule has 0 amide bonds. The SMILES string of the molecule is BrCCC=Cc1cnoc1. The summed E-state index contributed by atoms with van der Waals surface area (Å²) in [4.78, 5) is 0. The predicted octanol–water partition coefficient (Wildman–Crippen LogP) is 2.47. The summed E-state index contributed by atoms with van der Waals surface area (Å²) in [6, 6.07) is 0. The molecule has 2 nitrogen and oxygen atoms in total. The lowest BCUT2D eigenvalue weighted by atomic mass is 10.3. The molecule has 1 rings (SSSR count). The fraction of sp³-hybridized carbons (Fsp3) is 0.286. The maximum atomic E-state index is 4.63. The van der Waals surface area contributed by atoms with Gasteiger partial charge in [0.05, 0.1) is 6.20 Å². The second-order valence-corrected chi connectivity index (χ2v) is 2.63. The molecular weight excluding hydrogens is 194 g/mol. The van der Waals surface area contributed by atoms with E-state index in [-0.39, 0.29) is 0 Å². The van der Waals surface area contributed by atoms with E-state index >= 15 is 0 Å². The van der Waals surface area contributed by atoms with E-state index in [1.54, 1.807) is 12.5 Å². The first-order valence-corrected chi connectivity index (χ1v) is 4.17. The predicted molar refractivity (Wildman–Crippen MR) is 43.9 cm³/mol. The van der Waals surface area contributed by atoms with Crippen molar-refractivity contribution in [2.75, 3.05) is 5.33 Å². The molecule has 10 heavy (non-hydrogen) atoms. The van der Waals surface area contributed by atoms with Crippen LogP contribution in [-0.2, 0) is 0 Å². The maximum absolute atomic E-state index is 4.63. The zero-order valence-electron chi connectivity index (χ0n) is 5.46. The Morgan fingerprint density at radius 3 is 3.20 bits per heavy atom. The van der Waals surface area contributed by atoms with Crippen molar-refractivity contribution in [1.82, 2.24) is 5.16 Å². The van der Waals surface area contributed by atoms with E-state index in [1.165, 1.54) is 0 Å². The molecular formula is C7H8BrNO. The third kappa shape index (κ3) is 2.35. The number of aromatic nitrogens is 1. The zero-order chi connectivity index (χ0) is 7.23. The summed E-state index contributed by atoms with van der Waals surface area (Å²) in [7, 11) is 0. The molecule has 0 aliphatic carbocycles. The highest BCUT2D eigenvalue weighted by Crippen LogP contribution is 2.00. The van der Waals surface area contributed by atoms with Gasteiger partial charge in [-0.25, -0.2) is 0 Å². The van der Waals surface area contributed by atoms with Crippen molar-refractivity contribution in [2.24, 2.45) is 0 Å². The van der Waals surface area contributed by atoms with Gasteiger partial charge in [0.15, 0.2) is 0 Å². The van der Waals surface area contributed by atoms with Crippen molar-refractivity contribution < 1.29 is 4.52 Å². The molecule has 0 saturated carbocycles. The van der Waals surface area contributed by atoms with E-state index in [9.17, 15) is 0 Å². The average molecular weight is 202 g/mol. The van der Waals surface area contributed by atoms with Crippen LogP contribution in [0, 0.1) is 0 Å². The second kappa shape index (κ2) is 4.28. The van der Waals surface area contributed by atoms with E-state index in [0.717, 1.165) is 17.3 Å². The molecule has 0 radical (unpaired) electrons. The Labute approximate surface area is 68.0 Å². The van der Waals surface area contributed by atoms with Gasteiger partial charge in [-0.15, -0.1) is 0 Å². The topological polar surface area (TPSA) is 26.0 Å². The van der Waals surface area contributed by atoms with Crippen LogP contribution in [0.2, 0.25) is 0 Å². The Kier molecular flexibility index (Phi) is 3.22. The molecule has 0 bridgehead atoms. The summed E-state index contributed by atoms with van der Waals surface area (Å²) in [5.41, 5.74) is 1.01. The summed E-state index contributed by atoms with van der Waals surface area (Å²) in [6.45, 7) is 0. The molecule has 0 N–H and O–H groups in total. The van der Waals surface area contributed by atoms with Gasteiger partial charge >= 0.3 is 0 Å². The molecule has 1 heterocycles. The quantitative estimate of drug-likeness (QED) is 0.703. The first kappa shape index (κ1) is 7.54. The van der Waals surface area contributed by atoms with Crippen LogP contribution < -0.4 is 0 Å². The van der Waals surface area contributed by atoms with E-state index < -0.39 is 0 Å². The highest BCUT2D eigenvalue weighted by Gasteiger charge is 1.85. The standard InChI is InChI=1S/C7H8BrNO/c8-4-2-1-3-7-5-9-10-6-7/h1,3,5-6H,2,4H2. The molecule has 0 atom stereocenters. The monoisotopic (exact) mass is 201 g/mol. The summed E-state index contributed by atoms with van der Waals surface area (Å²) in [5.74, 6) is 0. The molecule has 0 spiro atoms. The molecule has 1 aromatic heterocycles. The number of allylic oxidation sites excluding steroid dienone is 1. The van der Waals surface area contributed by atoms with Crippen LogP contribution in [-0.4, -0.2) is 10.5 Å². The van der Waals surface area contributed by atoms with Gasteiger partial charge in [0.1, 0.15) is 6.26 Å². The Morgan fingerprint density at radius 2 is 2.60 bits per heavy atom. The molecule has 0 aromatic carbocycles. The van der Waals surface area contributed by atoms with E-state index in [1.807, 2.05) is 6.08 Å². The van der Waals surface area contributed by atoms with E-state index in [2.05, 4.69) is 31.7 Å². The van der Waals surface area contributed by atoms with Gasteiger partial charge in [-0.1, -0.05) is 33.2 Å². The molecule has 0 unspecified atom stereocenters. The molecule has 54 valence electrons. The van der Waals surface area contributed by atoms with Gasteiger partial charge in [-0.2, -0.15) is 0 Å². The van der Waals surface area contributed by atoms with Crippen LogP contribution in [0.3, 0.4) is 0 Å². The molecule has 0 saturated heterocycles. The smallest absolute Gasteiger partial charge is 0.131 e. The third-order valence-corrected chi connectivity index (χ3v) is 1.50. The van der Waals surface area contributed by atoms with Crippen LogP contribution in [0.1, 0.15) is 12.0 Å². The maximum Gasteiger partial charge on any atom is 0.131 e. The van der Waals surface area contributed by atoms with Crippen LogP contribution in [0.5, 0.6) is 0 Å². The Bertz CT molecular complexity index is 193. The van der Waals surface area contributed by atoms with Crippen molar-refractivity contribution in [3.05, 3.63) is 24.1 Å². The summed E-state index contributed by atoms with van der Waals surface area (Å²) >= 11 is 3.32. The minimum atomic E-state index is 0.995.